The van der Waals surface area contributed by atoms with Crippen LogP contribution in [0.15, 0.2) is 76.3 Å². The number of aromatic nitrogens is 2. The van der Waals surface area contributed by atoms with Gasteiger partial charge in [0.1, 0.15) is 28.0 Å². The molecule has 0 fully saturated rings. The van der Waals surface area contributed by atoms with E-state index in [2.05, 4.69) is 0 Å². The van der Waals surface area contributed by atoms with Crippen molar-refractivity contribution in [3.05, 3.63) is 110 Å². The highest BCUT2D eigenvalue weighted by atomic mass is 32.1. The number of fused-ring (bicyclic) bond motifs is 1. The number of nitrogens with zero attached hydrogens (tertiary/aromatic N) is 2. The van der Waals surface area contributed by atoms with Gasteiger partial charge in [-0.3, -0.25) is 9.36 Å². The van der Waals surface area contributed by atoms with Crippen LogP contribution in [-0.4, -0.2) is 23.4 Å². The lowest BCUT2D eigenvalue weighted by molar-refractivity contribution is 0.414. The molecule has 2 aromatic heterocycles. The molecule has 0 radical (unpaired) electrons. The Kier molecular flexibility index (Phi) is 6.39. The molecule has 6 nitrogen and oxygen atoms in total. The van der Waals surface area contributed by atoms with Crippen LogP contribution in [0.1, 0.15) is 11.1 Å². The summed E-state index contributed by atoms with van der Waals surface area (Å²) in [5.41, 5.74) is 0.336. The molecule has 0 aliphatic rings. The van der Waals surface area contributed by atoms with Gasteiger partial charge in [-0.15, -0.1) is 11.3 Å². The van der Waals surface area contributed by atoms with E-state index in [-0.39, 0.29) is 12.1 Å². The van der Waals surface area contributed by atoms with Crippen molar-refractivity contribution in [1.82, 2.24) is 9.13 Å². The van der Waals surface area contributed by atoms with Crippen LogP contribution in [0, 0.1) is 18.6 Å². The van der Waals surface area contributed by atoms with Crippen molar-refractivity contribution in [2.24, 2.45) is 0 Å². The molecule has 188 valence electrons. The molecule has 5 rings (SSSR count). The molecule has 9 heteroatoms. The highest BCUT2D eigenvalue weighted by molar-refractivity contribution is 7.22. The van der Waals surface area contributed by atoms with Gasteiger partial charge in [-0.2, -0.15) is 0 Å². The highest BCUT2D eigenvalue weighted by Gasteiger charge is 2.23. The van der Waals surface area contributed by atoms with Crippen LogP contribution in [0.5, 0.6) is 11.5 Å². The first-order valence-corrected chi connectivity index (χ1v) is 12.2. The molecule has 0 N–H and O–H groups in total. The van der Waals surface area contributed by atoms with Crippen LogP contribution in [0.3, 0.4) is 0 Å². The number of halogens is 2. The number of aryl methyl sites for hydroxylation is 1. The van der Waals surface area contributed by atoms with Crippen molar-refractivity contribution >= 4 is 21.6 Å². The zero-order valence-electron chi connectivity index (χ0n) is 20.2. The van der Waals surface area contributed by atoms with Gasteiger partial charge in [-0.1, -0.05) is 6.07 Å². The second-order valence-corrected chi connectivity index (χ2v) is 9.37. The molecular weight excluding hydrogens is 498 g/mol. The summed E-state index contributed by atoms with van der Waals surface area (Å²) in [6.07, 6.45) is 0. The molecule has 0 amide bonds. The molecule has 0 saturated heterocycles. The van der Waals surface area contributed by atoms with Crippen molar-refractivity contribution in [3.63, 3.8) is 0 Å². The van der Waals surface area contributed by atoms with E-state index in [4.69, 9.17) is 9.47 Å². The Morgan fingerprint density at radius 3 is 1.97 bits per heavy atom. The molecule has 0 saturated carbocycles. The third kappa shape index (κ3) is 4.21. The lowest BCUT2D eigenvalue weighted by Crippen LogP contribution is -2.39. The summed E-state index contributed by atoms with van der Waals surface area (Å²) < 4.78 is 42.0. The van der Waals surface area contributed by atoms with E-state index in [0.29, 0.717) is 33.0 Å². The van der Waals surface area contributed by atoms with Crippen LogP contribution < -0.4 is 20.7 Å². The lowest BCUT2D eigenvalue weighted by Gasteiger charge is -2.13. The fourth-order valence-electron chi connectivity index (χ4n) is 4.30. The summed E-state index contributed by atoms with van der Waals surface area (Å²) in [5, 5.41) is 0.308. The largest absolute Gasteiger partial charge is 0.497 e. The van der Waals surface area contributed by atoms with E-state index in [1.165, 1.54) is 29.1 Å². The predicted octanol–water partition coefficient (Wildman–Crippen LogP) is 5.53. The first-order valence-electron chi connectivity index (χ1n) is 11.3. The summed E-state index contributed by atoms with van der Waals surface area (Å²) in [5.74, 6) is -0.312. The lowest BCUT2D eigenvalue weighted by atomic mass is 10.1. The average Bonchev–Trinajstić information content (AvgIpc) is 3.25. The average molecular weight is 521 g/mol. The van der Waals surface area contributed by atoms with E-state index >= 15 is 0 Å². The number of thiophene rings is 1. The minimum Gasteiger partial charge on any atom is -0.497 e. The molecule has 2 heterocycles. The first-order chi connectivity index (χ1) is 17.8. The molecule has 0 aliphatic heterocycles. The number of ether oxygens (including phenoxy) is 2. The maximum Gasteiger partial charge on any atom is 0.337 e. The Morgan fingerprint density at radius 2 is 1.41 bits per heavy atom. The maximum atomic E-state index is 14.6. The summed E-state index contributed by atoms with van der Waals surface area (Å²) in [6.45, 7) is 1.42. The molecule has 0 aliphatic carbocycles. The van der Waals surface area contributed by atoms with E-state index in [0.717, 1.165) is 27.1 Å². The second kappa shape index (κ2) is 9.67. The Balaban J connectivity index is 1.82. The minimum atomic E-state index is -0.772. The van der Waals surface area contributed by atoms with Crippen LogP contribution in [0.2, 0.25) is 0 Å². The van der Waals surface area contributed by atoms with Gasteiger partial charge < -0.3 is 9.47 Å². The fourth-order valence-corrected chi connectivity index (χ4v) is 5.60. The van der Waals surface area contributed by atoms with Crippen molar-refractivity contribution in [2.75, 3.05) is 14.2 Å². The zero-order chi connectivity index (χ0) is 26.3. The van der Waals surface area contributed by atoms with Crippen molar-refractivity contribution in [3.8, 4) is 27.6 Å². The van der Waals surface area contributed by atoms with E-state index in [1.54, 1.807) is 50.4 Å². The number of hydrogen-bond donors (Lipinski definition) is 0. The van der Waals surface area contributed by atoms with Crippen molar-refractivity contribution in [2.45, 2.75) is 13.5 Å². The Morgan fingerprint density at radius 1 is 0.838 bits per heavy atom. The molecule has 0 bridgehead atoms. The van der Waals surface area contributed by atoms with E-state index in [1.807, 2.05) is 12.1 Å². The number of benzene rings is 3. The third-order valence-corrected chi connectivity index (χ3v) is 7.64. The van der Waals surface area contributed by atoms with Crippen molar-refractivity contribution in [1.29, 1.82) is 0 Å². The van der Waals surface area contributed by atoms with Gasteiger partial charge in [0.25, 0.3) is 5.56 Å². The van der Waals surface area contributed by atoms with E-state index in [9.17, 15) is 18.4 Å². The number of hydrogen-bond acceptors (Lipinski definition) is 5. The normalized spacial score (nSPS) is 11.2. The Hall–Kier alpha value is -4.24. The summed E-state index contributed by atoms with van der Waals surface area (Å²) in [4.78, 5) is 28.6. The molecule has 0 unspecified atom stereocenters. The number of rotatable bonds is 6. The highest BCUT2D eigenvalue weighted by Crippen LogP contribution is 2.37. The van der Waals surface area contributed by atoms with Crippen LogP contribution in [0.25, 0.3) is 26.3 Å². The van der Waals surface area contributed by atoms with Gasteiger partial charge in [-0.25, -0.2) is 18.1 Å². The smallest absolute Gasteiger partial charge is 0.337 e. The molecule has 37 heavy (non-hydrogen) atoms. The van der Waals surface area contributed by atoms with E-state index < -0.39 is 22.9 Å². The molecule has 0 atom stereocenters. The van der Waals surface area contributed by atoms with Gasteiger partial charge in [0.2, 0.25) is 0 Å². The minimum absolute atomic E-state index is 0.261. The Labute approximate surface area is 214 Å². The zero-order valence-corrected chi connectivity index (χ0v) is 21.1. The summed E-state index contributed by atoms with van der Waals surface area (Å²) >= 11 is 1.23. The second-order valence-electron chi connectivity index (χ2n) is 8.37. The third-order valence-electron chi connectivity index (χ3n) is 6.27. The van der Waals surface area contributed by atoms with Gasteiger partial charge >= 0.3 is 5.69 Å². The van der Waals surface area contributed by atoms with Crippen LogP contribution in [-0.2, 0) is 6.54 Å². The van der Waals surface area contributed by atoms with Gasteiger partial charge in [0.15, 0.2) is 0 Å². The standard InChI is InChI=1S/C28H22F2N2O4S/c1-16-24-26(33)32(18-9-13-20(36-3)14-10-18)28(34)31(15-21-22(29)5-4-6-23(21)30)27(24)37-25(16)17-7-11-19(35-2)12-8-17/h4-14H,15H2,1-3H3. The maximum absolute atomic E-state index is 14.6. The SMILES string of the molecule is COc1ccc(-c2sc3c(c2C)c(=O)n(-c2ccc(OC)cc2)c(=O)n3Cc2c(F)cccc2F)cc1. The Bertz CT molecular complexity index is 1720. The molecule has 5 aromatic rings. The first kappa shape index (κ1) is 24.5. The van der Waals surface area contributed by atoms with Crippen LogP contribution >= 0.6 is 11.3 Å². The predicted molar refractivity (Wildman–Crippen MR) is 140 cm³/mol. The number of methoxy groups -OCH3 is 2. The molecular formula is C28H22F2N2O4S. The topological polar surface area (TPSA) is 62.5 Å². The fraction of sp³-hybridized carbons (Fsp3) is 0.143. The summed E-state index contributed by atoms with van der Waals surface area (Å²) in [6, 6.07) is 17.3. The molecule has 3 aromatic carbocycles. The van der Waals surface area contributed by atoms with Gasteiger partial charge in [-0.05, 0) is 78.7 Å². The van der Waals surface area contributed by atoms with Crippen LogP contribution in [0.4, 0.5) is 8.78 Å². The van der Waals surface area contributed by atoms with Gasteiger partial charge in [0.05, 0.1) is 31.8 Å². The van der Waals surface area contributed by atoms with Gasteiger partial charge in [0, 0.05) is 10.4 Å². The monoisotopic (exact) mass is 520 g/mol. The quantitative estimate of drug-likeness (QED) is 0.295. The van der Waals surface area contributed by atoms with Crippen molar-refractivity contribution < 1.29 is 18.3 Å². The molecule has 0 spiro atoms. The summed E-state index contributed by atoms with van der Waals surface area (Å²) in [7, 11) is 3.08.